The normalized spacial score (nSPS) is 11.8. The highest BCUT2D eigenvalue weighted by molar-refractivity contribution is 6.09. The number of aromatic nitrogens is 4. The number of benzene rings is 1. The van der Waals surface area contributed by atoms with E-state index in [9.17, 15) is 4.79 Å². The molecule has 0 aliphatic heterocycles. The van der Waals surface area contributed by atoms with Crippen molar-refractivity contribution in [1.29, 1.82) is 0 Å². The number of aryl methyl sites for hydroxylation is 1. The minimum Gasteiger partial charge on any atom is -0.347 e. The van der Waals surface area contributed by atoms with Crippen LogP contribution in [0.3, 0.4) is 0 Å². The van der Waals surface area contributed by atoms with E-state index in [0.717, 1.165) is 16.6 Å². The largest absolute Gasteiger partial charge is 0.347 e. The average Bonchev–Trinajstić information content (AvgIpc) is 3.06. The van der Waals surface area contributed by atoms with Gasteiger partial charge >= 0.3 is 0 Å². The average molecular weight is 297 g/mol. The SMILES string of the molecule is Cn1ncc2c(C(=O)NC(C)(C)C)c(-n3cccn3)ccc21. The van der Waals surface area contributed by atoms with Gasteiger partial charge in [0.1, 0.15) is 0 Å². The summed E-state index contributed by atoms with van der Waals surface area (Å²) in [5.74, 6) is -0.128. The lowest BCUT2D eigenvalue weighted by molar-refractivity contribution is 0.0921. The summed E-state index contributed by atoms with van der Waals surface area (Å²) in [6.45, 7) is 5.88. The first-order valence-electron chi connectivity index (χ1n) is 7.14. The molecule has 0 aliphatic rings. The molecule has 0 saturated heterocycles. The Morgan fingerprint density at radius 3 is 2.64 bits per heavy atom. The molecule has 0 unspecified atom stereocenters. The molecular formula is C16H19N5O. The zero-order valence-corrected chi connectivity index (χ0v) is 13.2. The van der Waals surface area contributed by atoms with Gasteiger partial charge in [-0.25, -0.2) is 4.68 Å². The van der Waals surface area contributed by atoms with Gasteiger partial charge in [0.15, 0.2) is 0 Å². The lowest BCUT2D eigenvalue weighted by atomic mass is 10.0. The zero-order valence-electron chi connectivity index (χ0n) is 13.2. The molecule has 0 saturated carbocycles. The summed E-state index contributed by atoms with van der Waals surface area (Å²) in [6, 6.07) is 5.68. The maximum atomic E-state index is 12.8. The molecule has 1 aromatic carbocycles. The van der Waals surface area contributed by atoms with Gasteiger partial charge in [0.25, 0.3) is 5.91 Å². The Morgan fingerprint density at radius 2 is 2.00 bits per heavy atom. The number of carbonyl (C=O) groups excluding carboxylic acids is 1. The summed E-state index contributed by atoms with van der Waals surface area (Å²) in [6.07, 6.45) is 5.24. The monoisotopic (exact) mass is 297 g/mol. The molecule has 0 bridgehead atoms. The standard InChI is InChI=1S/C16H19N5O/c1-16(2,3)19-15(22)14-11-10-18-20(4)12(11)6-7-13(14)21-9-5-8-17-21/h5-10H,1-4H3,(H,19,22). The number of fused-ring (bicyclic) bond motifs is 1. The maximum Gasteiger partial charge on any atom is 0.254 e. The summed E-state index contributed by atoms with van der Waals surface area (Å²) in [5, 5.41) is 12.4. The van der Waals surface area contributed by atoms with Crippen LogP contribution >= 0.6 is 0 Å². The highest BCUT2D eigenvalue weighted by Crippen LogP contribution is 2.25. The molecule has 2 aromatic heterocycles. The number of rotatable bonds is 2. The molecule has 6 nitrogen and oxygen atoms in total. The van der Waals surface area contributed by atoms with Crippen molar-refractivity contribution in [2.45, 2.75) is 26.3 Å². The Bertz CT molecular complexity index is 824. The van der Waals surface area contributed by atoms with Crippen molar-refractivity contribution < 1.29 is 4.79 Å². The lowest BCUT2D eigenvalue weighted by Gasteiger charge is -2.22. The number of nitrogens with one attached hydrogen (secondary N) is 1. The molecule has 0 spiro atoms. The summed E-state index contributed by atoms with van der Waals surface area (Å²) in [7, 11) is 1.86. The fourth-order valence-corrected chi connectivity index (χ4v) is 2.46. The van der Waals surface area contributed by atoms with Gasteiger partial charge in [0.2, 0.25) is 0 Å². The van der Waals surface area contributed by atoms with E-state index in [-0.39, 0.29) is 11.4 Å². The molecule has 6 heteroatoms. The smallest absolute Gasteiger partial charge is 0.254 e. The van der Waals surface area contributed by atoms with Crippen molar-refractivity contribution in [3.05, 3.63) is 42.4 Å². The van der Waals surface area contributed by atoms with E-state index in [0.29, 0.717) is 5.56 Å². The van der Waals surface area contributed by atoms with E-state index in [2.05, 4.69) is 15.5 Å². The van der Waals surface area contributed by atoms with E-state index >= 15 is 0 Å². The second-order valence-corrected chi connectivity index (χ2v) is 6.32. The third-order valence-corrected chi connectivity index (χ3v) is 3.38. The minimum atomic E-state index is -0.317. The van der Waals surface area contributed by atoms with Crippen LogP contribution in [0, 0.1) is 0 Å². The number of hydrogen-bond acceptors (Lipinski definition) is 3. The molecule has 2 heterocycles. The van der Waals surface area contributed by atoms with Crippen LogP contribution in [0.25, 0.3) is 16.6 Å². The summed E-state index contributed by atoms with van der Waals surface area (Å²) >= 11 is 0. The van der Waals surface area contributed by atoms with Crippen LogP contribution in [-0.2, 0) is 7.05 Å². The molecule has 0 atom stereocenters. The number of amides is 1. The van der Waals surface area contributed by atoms with Gasteiger partial charge in [-0.3, -0.25) is 9.48 Å². The molecule has 22 heavy (non-hydrogen) atoms. The highest BCUT2D eigenvalue weighted by atomic mass is 16.1. The van der Waals surface area contributed by atoms with Crippen LogP contribution in [0.15, 0.2) is 36.8 Å². The van der Waals surface area contributed by atoms with Crippen LogP contribution in [0.1, 0.15) is 31.1 Å². The second-order valence-electron chi connectivity index (χ2n) is 6.32. The first kappa shape index (κ1) is 14.3. The van der Waals surface area contributed by atoms with Crippen molar-refractivity contribution in [2.75, 3.05) is 0 Å². The molecule has 3 rings (SSSR count). The maximum absolute atomic E-state index is 12.8. The predicted octanol–water partition coefficient (Wildman–Crippen LogP) is 2.29. The molecule has 1 N–H and O–H groups in total. The lowest BCUT2D eigenvalue weighted by Crippen LogP contribution is -2.41. The number of nitrogens with zero attached hydrogens (tertiary/aromatic N) is 4. The van der Waals surface area contributed by atoms with Crippen molar-refractivity contribution >= 4 is 16.8 Å². The van der Waals surface area contributed by atoms with E-state index in [1.807, 2.05) is 52.2 Å². The van der Waals surface area contributed by atoms with E-state index in [1.165, 1.54) is 0 Å². The van der Waals surface area contributed by atoms with E-state index < -0.39 is 0 Å². The van der Waals surface area contributed by atoms with Crippen molar-refractivity contribution in [3.63, 3.8) is 0 Å². The Morgan fingerprint density at radius 1 is 1.23 bits per heavy atom. The number of carbonyl (C=O) groups is 1. The Balaban J connectivity index is 2.23. The summed E-state index contributed by atoms with van der Waals surface area (Å²) in [4.78, 5) is 12.8. The van der Waals surface area contributed by atoms with Crippen LogP contribution in [0.5, 0.6) is 0 Å². The predicted molar refractivity (Wildman–Crippen MR) is 85.1 cm³/mol. The first-order chi connectivity index (χ1) is 10.4. The van der Waals surface area contributed by atoms with E-state index in [1.54, 1.807) is 21.8 Å². The molecule has 3 aromatic rings. The van der Waals surface area contributed by atoms with Crippen molar-refractivity contribution in [3.8, 4) is 5.69 Å². The van der Waals surface area contributed by atoms with Crippen molar-refractivity contribution in [2.24, 2.45) is 7.05 Å². The van der Waals surface area contributed by atoms with Gasteiger partial charge in [-0.2, -0.15) is 10.2 Å². The third-order valence-electron chi connectivity index (χ3n) is 3.38. The summed E-state index contributed by atoms with van der Waals surface area (Å²) < 4.78 is 3.46. The highest BCUT2D eigenvalue weighted by Gasteiger charge is 2.22. The number of hydrogen-bond donors (Lipinski definition) is 1. The quantitative estimate of drug-likeness (QED) is 0.789. The van der Waals surface area contributed by atoms with Crippen LogP contribution < -0.4 is 5.32 Å². The minimum absolute atomic E-state index is 0.128. The molecule has 1 amide bonds. The summed E-state index contributed by atoms with van der Waals surface area (Å²) in [5.41, 5.74) is 1.93. The molecule has 0 radical (unpaired) electrons. The van der Waals surface area contributed by atoms with Crippen LogP contribution in [0.4, 0.5) is 0 Å². The Labute approximate surface area is 128 Å². The topological polar surface area (TPSA) is 64.7 Å². The van der Waals surface area contributed by atoms with E-state index in [4.69, 9.17) is 0 Å². The molecule has 0 fully saturated rings. The Hall–Kier alpha value is -2.63. The molecule has 0 aliphatic carbocycles. The van der Waals surface area contributed by atoms with Gasteiger partial charge in [0, 0.05) is 30.4 Å². The fourth-order valence-electron chi connectivity index (χ4n) is 2.46. The van der Waals surface area contributed by atoms with Gasteiger partial charge < -0.3 is 5.32 Å². The first-order valence-corrected chi connectivity index (χ1v) is 7.14. The fraction of sp³-hybridized carbons (Fsp3) is 0.312. The van der Waals surface area contributed by atoms with Crippen LogP contribution in [-0.4, -0.2) is 31.0 Å². The third kappa shape index (κ3) is 2.47. The van der Waals surface area contributed by atoms with Gasteiger partial charge in [-0.05, 0) is 39.0 Å². The van der Waals surface area contributed by atoms with Gasteiger partial charge in [-0.15, -0.1) is 0 Å². The van der Waals surface area contributed by atoms with Crippen molar-refractivity contribution in [1.82, 2.24) is 24.9 Å². The Kier molecular flexibility index (Phi) is 3.24. The zero-order chi connectivity index (χ0) is 15.9. The molecular weight excluding hydrogens is 278 g/mol. The van der Waals surface area contributed by atoms with Crippen LogP contribution in [0.2, 0.25) is 0 Å². The molecule has 114 valence electrons. The van der Waals surface area contributed by atoms with Gasteiger partial charge in [-0.1, -0.05) is 0 Å². The van der Waals surface area contributed by atoms with Gasteiger partial charge in [0.05, 0.1) is 23.0 Å². The second kappa shape index (κ2) is 4.98.